The third-order valence-electron chi connectivity index (χ3n) is 4.49. The summed E-state index contributed by atoms with van der Waals surface area (Å²) in [4.78, 5) is 12.4. The minimum absolute atomic E-state index is 0.0119. The number of hydrogen-bond donors (Lipinski definition) is 2. The molecule has 0 bridgehead atoms. The van der Waals surface area contributed by atoms with Gasteiger partial charge >= 0.3 is 0 Å². The highest BCUT2D eigenvalue weighted by Gasteiger charge is 2.28. The van der Waals surface area contributed by atoms with E-state index < -0.39 is 0 Å². The fourth-order valence-corrected chi connectivity index (χ4v) is 3.35. The predicted octanol–water partition coefficient (Wildman–Crippen LogP) is 2.96. The third-order valence-corrected chi connectivity index (χ3v) is 4.73. The molecule has 1 saturated heterocycles. The fourth-order valence-electron chi connectivity index (χ4n) is 3.17. The van der Waals surface area contributed by atoms with E-state index in [0.717, 1.165) is 38.7 Å². The summed E-state index contributed by atoms with van der Waals surface area (Å²) in [6, 6.07) is 5.39. The summed E-state index contributed by atoms with van der Waals surface area (Å²) < 4.78 is 11.4. The first-order chi connectivity index (χ1) is 11.1. The van der Waals surface area contributed by atoms with E-state index in [-0.39, 0.29) is 24.0 Å². The van der Waals surface area contributed by atoms with E-state index in [4.69, 9.17) is 26.8 Å². The molecule has 3 unspecified atom stereocenters. The average molecular weight is 339 g/mol. The van der Waals surface area contributed by atoms with Crippen molar-refractivity contribution in [3.8, 4) is 5.75 Å². The van der Waals surface area contributed by atoms with Crippen LogP contribution in [0.1, 0.15) is 32.1 Å². The summed E-state index contributed by atoms with van der Waals surface area (Å²) in [6.45, 7) is 1.28. The number of carbonyl (C=O) groups excluding carboxylic acids is 1. The first-order valence-electron chi connectivity index (χ1n) is 8.22. The molecule has 1 saturated carbocycles. The predicted molar refractivity (Wildman–Crippen MR) is 89.9 cm³/mol. The lowest BCUT2D eigenvalue weighted by molar-refractivity contribution is -0.119. The largest absolute Gasteiger partial charge is 0.489 e. The van der Waals surface area contributed by atoms with Crippen molar-refractivity contribution in [3.63, 3.8) is 0 Å². The molecule has 3 rings (SSSR count). The second kappa shape index (κ2) is 7.51. The van der Waals surface area contributed by atoms with Gasteiger partial charge in [0.15, 0.2) is 0 Å². The minimum atomic E-state index is -0.0324. The van der Waals surface area contributed by atoms with Crippen molar-refractivity contribution in [3.05, 3.63) is 23.2 Å². The molecule has 0 spiro atoms. The van der Waals surface area contributed by atoms with Gasteiger partial charge in [0.1, 0.15) is 12.4 Å². The number of nitrogens with two attached hydrogens (primary N) is 1. The molecule has 1 heterocycles. The Labute approximate surface area is 141 Å². The van der Waals surface area contributed by atoms with Gasteiger partial charge in [-0.3, -0.25) is 4.79 Å². The molecule has 3 N–H and O–H groups in total. The zero-order chi connectivity index (χ0) is 16.2. The van der Waals surface area contributed by atoms with Crippen molar-refractivity contribution < 1.29 is 14.3 Å². The van der Waals surface area contributed by atoms with Crippen molar-refractivity contribution in [1.29, 1.82) is 0 Å². The van der Waals surface area contributed by atoms with Crippen LogP contribution in [-0.4, -0.2) is 31.3 Å². The van der Waals surface area contributed by atoms with Gasteiger partial charge in [-0.15, -0.1) is 0 Å². The smallest absolute Gasteiger partial charge is 0.227 e. The summed E-state index contributed by atoms with van der Waals surface area (Å²) in [5, 5.41) is 3.51. The molecule has 0 radical (unpaired) electrons. The molecule has 0 aromatic heterocycles. The van der Waals surface area contributed by atoms with Crippen LogP contribution in [-0.2, 0) is 9.53 Å². The van der Waals surface area contributed by atoms with Crippen LogP contribution < -0.4 is 15.8 Å². The van der Waals surface area contributed by atoms with Crippen molar-refractivity contribution in [2.45, 2.75) is 44.2 Å². The van der Waals surface area contributed by atoms with Gasteiger partial charge in [-0.05, 0) is 50.3 Å². The normalized spacial score (nSPS) is 27.1. The molecule has 1 amide bonds. The Hall–Kier alpha value is -1.30. The molecular weight excluding hydrogens is 316 g/mol. The highest BCUT2D eigenvalue weighted by molar-refractivity contribution is 6.31. The number of amides is 1. The highest BCUT2D eigenvalue weighted by atomic mass is 35.5. The van der Waals surface area contributed by atoms with Gasteiger partial charge in [0.05, 0.1) is 11.8 Å². The van der Waals surface area contributed by atoms with E-state index in [0.29, 0.717) is 23.1 Å². The number of anilines is 1. The maximum absolute atomic E-state index is 12.4. The lowest BCUT2D eigenvalue weighted by Gasteiger charge is -2.17. The van der Waals surface area contributed by atoms with Gasteiger partial charge in [-0.2, -0.15) is 0 Å². The zero-order valence-corrected chi connectivity index (χ0v) is 13.8. The van der Waals surface area contributed by atoms with Crippen LogP contribution in [0.3, 0.4) is 0 Å². The lowest BCUT2D eigenvalue weighted by Crippen LogP contribution is -2.24. The molecule has 2 fully saturated rings. The van der Waals surface area contributed by atoms with E-state index in [2.05, 4.69) is 5.32 Å². The monoisotopic (exact) mass is 338 g/mol. The van der Waals surface area contributed by atoms with Crippen LogP contribution in [0.25, 0.3) is 0 Å². The van der Waals surface area contributed by atoms with Crippen molar-refractivity contribution in [2.24, 2.45) is 11.7 Å². The standard InChI is InChI=1S/C17H23ClN2O3/c18-12-4-6-16(23-10-14-2-1-7-22-14)15(9-12)20-17(21)11-3-5-13(19)8-11/h4,6,9,11,13-14H,1-3,5,7-8,10,19H2,(H,20,21). The Morgan fingerprint density at radius 1 is 1.39 bits per heavy atom. The van der Waals surface area contributed by atoms with Crippen LogP contribution >= 0.6 is 11.6 Å². The van der Waals surface area contributed by atoms with E-state index in [1.165, 1.54) is 0 Å². The van der Waals surface area contributed by atoms with Gasteiger partial charge in [0.25, 0.3) is 0 Å². The maximum atomic E-state index is 12.4. The lowest BCUT2D eigenvalue weighted by atomic mass is 10.1. The fraction of sp³-hybridized carbons (Fsp3) is 0.588. The number of halogens is 1. The Kier molecular flexibility index (Phi) is 5.41. The zero-order valence-electron chi connectivity index (χ0n) is 13.1. The molecule has 5 nitrogen and oxygen atoms in total. The van der Waals surface area contributed by atoms with E-state index >= 15 is 0 Å². The Balaban J connectivity index is 1.64. The maximum Gasteiger partial charge on any atom is 0.227 e. The van der Waals surface area contributed by atoms with Gasteiger partial charge in [-0.25, -0.2) is 0 Å². The van der Waals surface area contributed by atoms with Crippen molar-refractivity contribution >= 4 is 23.2 Å². The molecule has 1 aromatic rings. The molecule has 1 aliphatic heterocycles. The number of benzene rings is 1. The molecule has 3 atom stereocenters. The van der Waals surface area contributed by atoms with Gasteiger partial charge in [-0.1, -0.05) is 11.6 Å². The number of hydrogen-bond acceptors (Lipinski definition) is 4. The number of rotatable bonds is 5. The Morgan fingerprint density at radius 3 is 2.96 bits per heavy atom. The van der Waals surface area contributed by atoms with Crippen LogP contribution in [0.4, 0.5) is 5.69 Å². The quantitative estimate of drug-likeness (QED) is 0.865. The highest BCUT2D eigenvalue weighted by Crippen LogP contribution is 2.31. The summed E-state index contributed by atoms with van der Waals surface area (Å²) in [5.74, 6) is 0.581. The number of nitrogens with one attached hydrogen (secondary N) is 1. The van der Waals surface area contributed by atoms with Crippen LogP contribution in [0.15, 0.2) is 18.2 Å². The summed E-state index contributed by atoms with van der Waals surface area (Å²) in [6.07, 6.45) is 4.67. The van der Waals surface area contributed by atoms with Gasteiger partial charge in [0, 0.05) is 23.6 Å². The molecule has 1 aliphatic carbocycles. The molecule has 23 heavy (non-hydrogen) atoms. The number of ether oxygens (including phenoxy) is 2. The third kappa shape index (κ3) is 4.37. The Bertz CT molecular complexity index is 561. The minimum Gasteiger partial charge on any atom is -0.489 e. The molecule has 1 aromatic carbocycles. The Morgan fingerprint density at radius 2 is 2.26 bits per heavy atom. The first kappa shape index (κ1) is 16.6. The van der Waals surface area contributed by atoms with Gasteiger partial charge in [0.2, 0.25) is 5.91 Å². The van der Waals surface area contributed by atoms with Crippen LogP contribution in [0.5, 0.6) is 5.75 Å². The first-order valence-corrected chi connectivity index (χ1v) is 8.60. The van der Waals surface area contributed by atoms with Crippen LogP contribution in [0.2, 0.25) is 5.02 Å². The molecule has 6 heteroatoms. The van der Waals surface area contributed by atoms with Crippen molar-refractivity contribution in [1.82, 2.24) is 0 Å². The second-order valence-electron chi connectivity index (χ2n) is 6.35. The molecule has 2 aliphatic rings. The summed E-state index contributed by atoms with van der Waals surface area (Å²) in [5.41, 5.74) is 6.50. The molecular formula is C17H23ClN2O3. The average Bonchev–Trinajstić information content (AvgIpc) is 3.18. The van der Waals surface area contributed by atoms with E-state index in [1.807, 2.05) is 0 Å². The summed E-state index contributed by atoms with van der Waals surface area (Å²) in [7, 11) is 0. The van der Waals surface area contributed by atoms with E-state index in [9.17, 15) is 4.79 Å². The van der Waals surface area contributed by atoms with Gasteiger partial charge < -0.3 is 20.5 Å². The second-order valence-corrected chi connectivity index (χ2v) is 6.78. The molecule has 126 valence electrons. The van der Waals surface area contributed by atoms with E-state index in [1.54, 1.807) is 18.2 Å². The van der Waals surface area contributed by atoms with Crippen LogP contribution in [0, 0.1) is 5.92 Å². The van der Waals surface area contributed by atoms with Crippen molar-refractivity contribution in [2.75, 3.05) is 18.5 Å². The number of carbonyl (C=O) groups is 1. The topological polar surface area (TPSA) is 73.6 Å². The SMILES string of the molecule is NC1CCC(C(=O)Nc2cc(Cl)ccc2OCC2CCCO2)C1. The summed E-state index contributed by atoms with van der Waals surface area (Å²) >= 11 is 6.06.